The van der Waals surface area contributed by atoms with Gasteiger partial charge in [0.1, 0.15) is 5.69 Å². The van der Waals surface area contributed by atoms with Crippen molar-refractivity contribution in [1.82, 2.24) is 10.3 Å². The molecule has 0 radical (unpaired) electrons. The minimum atomic E-state index is -0.338. The van der Waals surface area contributed by atoms with Crippen LogP contribution >= 0.6 is 15.9 Å². The van der Waals surface area contributed by atoms with E-state index in [1.54, 1.807) is 6.20 Å². The maximum absolute atomic E-state index is 12.4. The SMILES string of the molecule is CC(Br)C(C)(C)NC(=O)c1nccc2ccccc12. The molecule has 0 spiro atoms. The molecule has 0 fully saturated rings. The van der Waals surface area contributed by atoms with Gasteiger partial charge in [0, 0.05) is 21.9 Å². The van der Waals surface area contributed by atoms with Crippen molar-refractivity contribution in [2.24, 2.45) is 0 Å². The van der Waals surface area contributed by atoms with Gasteiger partial charge >= 0.3 is 0 Å². The minimum absolute atomic E-state index is 0.145. The molecule has 4 heteroatoms. The Hall–Kier alpha value is -1.42. The molecule has 1 amide bonds. The highest BCUT2D eigenvalue weighted by molar-refractivity contribution is 9.09. The highest BCUT2D eigenvalue weighted by Gasteiger charge is 2.27. The molecular weight excluding hydrogens is 304 g/mol. The Labute approximate surface area is 121 Å². The normalized spacial score (nSPS) is 13.3. The van der Waals surface area contributed by atoms with Crippen LogP contribution in [0.2, 0.25) is 0 Å². The summed E-state index contributed by atoms with van der Waals surface area (Å²) in [5.41, 5.74) is 0.134. The first-order valence-electron chi connectivity index (χ1n) is 6.22. The number of aromatic nitrogens is 1. The molecule has 0 saturated heterocycles. The Morgan fingerprint density at radius 3 is 2.68 bits per heavy atom. The second-order valence-electron chi connectivity index (χ2n) is 5.17. The van der Waals surface area contributed by atoms with Gasteiger partial charge in [-0.2, -0.15) is 0 Å². The van der Waals surface area contributed by atoms with E-state index in [0.717, 1.165) is 10.8 Å². The Bertz CT molecular complexity index is 603. The number of nitrogens with zero attached hydrogens (tertiary/aromatic N) is 1. The van der Waals surface area contributed by atoms with Crippen molar-refractivity contribution in [3.8, 4) is 0 Å². The Morgan fingerprint density at radius 2 is 2.00 bits per heavy atom. The standard InChI is InChI=1S/C15H17BrN2O/c1-10(16)15(2,3)18-14(19)13-12-7-5-4-6-11(12)8-9-17-13/h4-10H,1-3H3,(H,18,19). The van der Waals surface area contributed by atoms with Crippen LogP contribution in [0.25, 0.3) is 10.8 Å². The zero-order valence-corrected chi connectivity index (χ0v) is 12.9. The molecule has 1 N–H and O–H groups in total. The number of carbonyl (C=O) groups is 1. The van der Waals surface area contributed by atoms with Crippen LogP contribution in [0.4, 0.5) is 0 Å². The molecule has 0 aliphatic carbocycles. The predicted octanol–water partition coefficient (Wildman–Crippen LogP) is 3.53. The second kappa shape index (κ2) is 5.29. The molecule has 0 aliphatic rings. The Morgan fingerprint density at radius 1 is 1.32 bits per heavy atom. The maximum Gasteiger partial charge on any atom is 0.270 e. The highest BCUT2D eigenvalue weighted by Crippen LogP contribution is 2.20. The number of fused-ring (bicyclic) bond motifs is 1. The van der Waals surface area contributed by atoms with Gasteiger partial charge in [-0.25, -0.2) is 0 Å². The van der Waals surface area contributed by atoms with Crippen molar-refractivity contribution in [2.45, 2.75) is 31.1 Å². The van der Waals surface area contributed by atoms with E-state index < -0.39 is 0 Å². The maximum atomic E-state index is 12.4. The molecule has 2 rings (SSSR count). The summed E-state index contributed by atoms with van der Waals surface area (Å²) < 4.78 is 0. The quantitative estimate of drug-likeness (QED) is 0.879. The first kappa shape index (κ1) is 14.0. The van der Waals surface area contributed by atoms with E-state index in [1.807, 2.05) is 51.1 Å². The van der Waals surface area contributed by atoms with Gasteiger partial charge in [0.15, 0.2) is 0 Å². The molecule has 19 heavy (non-hydrogen) atoms. The molecule has 0 bridgehead atoms. The third-order valence-corrected chi connectivity index (χ3v) is 4.46. The number of benzene rings is 1. The van der Waals surface area contributed by atoms with E-state index in [0.29, 0.717) is 5.69 Å². The number of pyridine rings is 1. The fourth-order valence-corrected chi connectivity index (χ4v) is 1.87. The molecule has 100 valence electrons. The average molecular weight is 321 g/mol. The van der Waals surface area contributed by atoms with Crippen LogP contribution in [-0.4, -0.2) is 21.3 Å². The number of hydrogen-bond donors (Lipinski definition) is 1. The first-order valence-corrected chi connectivity index (χ1v) is 7.14. The van der Waals surface area contributed by atoms with E-state index in [-0.39, 0.29) is 16.3 Å². The van der Waals surface area contributed by atoms with Gasteiger partial charge in [0.2, 0.25) is 0 Å². The molecule has 0 saturated carbocycles. The van der Waals surface area contributed by atoms with Crippen molar-refractivity contribution in [2.75, 3.05) is 0 Å². The topological polar surface area (TPSA) is 42.0 Å². The van der Waals surface area contributed by atoms with E-state index in [4.69, 9.17) is 0 Å². The van der Waals surface area contributed by atoms with Crippen LogP contribution < -0.4 is 5.32 Å². The number of amides is 1. The number of rotatable bonds is 3. The average Bonchev–Trinajstić information content (AvgIpc) is 2.37. The van der Waals surface area contributed by atoms with Crippen molar-refractivity contribution in [3.05, 3.63) is 42.2 Å². The third-order valence-electron chi connectivity index (χ3n) is 3.32. The molecule has 3 nitrogen and oxygen atoms in total. The molecule has 1 aromatic carbocycles. The Balaban J connectivity index is 2.37. The number of alkyl halides is 1. The molecule has 1 atom stereocenters. The molecule has 2 aromatic rings. The summed E-state index contributed by atoms with van der Waals surface area (Å²) >= 11 is 3.51. The lowest BCUT2D eigenvalue weighted by molar-refractivity contribution is 0.0910. The van der Waals surface area contributed by atoms with Crippen LogP contribution in [0.5, 0.6) is 0 Å². The van der Waals surface area contributed by atoms with E-state index in [1.165, 1.54) is 0 Å². The van der Waals surface area contributed by atoms with Gasteiger partial charge in [-0.15, -0.1) is 0 Å². The summed E-state index contributed by atoms with van der Waals surface area (Å²) in [7, 11) is 0. The fraction of sp³-hybridized carbons (Fsp3) is 0.333. The zero-order valence-electron chi connectivity index (χ0n) is 11.3. The van der Waals surface area contributed by atoms with E-state index in [9.17, 15) is 4.79 Å². The van der Waals surface area contributed by atoms with Gasteiger partial charge in [-0.3, -0.25) is 9.78 Å². The second-order valence-corrected chi connectivity index (χ2v) is 6.55. The van der Waals surface area contributed by atoms with Gasteiger partial charge in [0.05, 0.1) is 0 Å². The molecule has 0 aliphatic heterocycles. The van der Waals surface area contributed by atoms with Gasteiger partial charge in [-0.1, -0.05) is 47.1 Å². The summed E-state index contributed by atoms with van der Waals surface area (Å²) in [6, 6.07) is 9.67. The lowest BCUT2D eigenvalue weighted by Gasteiger charge is -2.29. The van der Waals surface area contributed by atoms with Crippen molar-refractivity contribution in [1.29, 1.82) is 0 Å². The van der Waals surface area contributed by atoms with Crippen molar-refractivity contribution in [3.63, 3.8) is 0 Å². The van der Waals surface area contributed by atoms with Gasteiger partial charge < -0.3 is 5.32 Å². The fourth-order valence-electron chi connectivity index (χ4n) is 1.75. The van der Waals surface area contributed by atoms with E-state index >= 15 is 0 Å². The summed E-state index contributed by atoms with van der Waals surface area (Å²) in [6.45, 7) is 5.97. The number of hydrogen-bond acceptors (Lipinski definition) is 2. The summed E-state index contributed by atoms with van der Waals surface area (Å²) in [5, 5.41) is 4.91. The smallest absolute Gasteiger partial charge is 0.270 e. The van der Waals surface area contributed by atoms with Gasteiger partial charge in [-0.05, 0) is 25.3 Å². The van der Waals surface area contributed by atoms with Gasteiger partial charge in [0.25, 0.3) is 5.91 Å². The molecular formula is C15H17BrN2O. The molecule has 1 unspecified atom stereocenters. The lowest BCUT2D eigenvalue weighted by atomic mass is 10.0. The van der Waals surface area contributed by atoms with Crippen molar-refractivity contribution >= 4 is 32.6 Å². The Kier molecular flexibility index (Phi) is 3.90. The third kappa shape index (κ3) is 2.95. The van der Waals surface area contributed by atoms with E-state index in [2.05, 4.69) is 26.2 Å². The minimum Gasteiger partial charge on any atom is -0.345 e. The summed E-state index contributed by atoms with van der Waals surface area (Å²) in [6.07, 6.45) is 1.67. The van der Waals surface area contributed by atoms with Crippen LogP contribution in [0.15, 0.2) is 36.5 Å². The largest absolute Gasteiger partial charge is 0.345 e. The monoisotopic (exact) mass is 320 g/mol. The lowest BCUT2D eigenvalue weighted by Crippen LogP contribution is -2.49. The number of nitrogens with one attached hydrogen (secondary N) is 1. The van der Waals surface area contributed by atoms with Crippen LogP contribution in [0.1, 0.15) is 31.3 Å². The zero-order chi connectivity index (χ0) is 14.0. The van der Waals surface area contributed by atoms with Crippen LogP contribution in [0, 0.1) is 0 Å². The summed E-state index contributed by atoms with van der Waals surface area (Å²) in [4.78, 5) is 16.8. The first-order chi connectivity index (χ1) is 8.92. The van der Waals surface area contributed by atoms with Crippen LogP contribution in [0.3, 0.4) is 0 Å². The highest BCUT2D eigenvalue weighted by atomic mass is 79.9. The number of carbonyl (C=O) groups excluding carboxylic acids is 1. The number of halogens is 1. The molecule has 1 aromatic heterocycles. The molecule has 1 heterocycles. The summed E-state index contributed by atoms with van der Waals surface area (Å²) in [5.74, 6) is -0.145. The van der Waals surface area contributed by atoms with Crippen molar-refractivity contribution < 1.29 is 4.79 Å². The predicted molar refractivity (Wildman–Crippen MR) is 81.7 cm³/mol. The van der Waals surface area contributed by atoms with Crippen LogP contribution in [-0.2, 0) is 0 Å².